The third-order valence-corrected chi connectivity index (χ3v) is 2.44. The minimum atomic E-state index is -2.38. The molecule has 0 aliphatic carbocycles. The van der Waals surface area contributed by atoms with Crippen molar-refractivity contribution in [1.82, 2.24) is 10.2 Å². The lowest BCUT2D eigenvalue weighted by atomic mass is 10.5. The van der Waals surface area contributed by atoms with E-state index >= 15 is 0 Å². The molecule has 7 heteroatoms. The fourth-order valence-electron chi connectivity index (χ4n) is 1.00. The molecular weight excluding hydrogens is 210 g/mol. The summed E-state index contributed by atoms with van der Waals surface area (Å²) in [7, 11) is 0. The molecule has 1 aromatic rings. The molecule has 0 bridgehead atoms. The van der Waals surface area contributed by atoms with Gasteiger partial charge in [-0.2, -0.15) is 0 Å². The number of aromatic nitrogens is 2. The topological polar surface area (TPSA) is 55.0 Å². The summed E-state index contributed by atoms with van der Waals surface area (Å²) < 4.78 is 24.3. The molecule has 0 radical (unpaired) electrons. The summed E-state index contributed by atoms with van der Waals surface area (Å²) in [6, 6.07) is 0. The lowest BCUT2D eigenvalue weighted by Crippen LogP contribution is -2.33. The molecule has 0 aliphatic heterocycles. The van der Waals surface area contributed by atoms with E-state index in [4.69, 9.17) is 5.73 Å². The van der Waals surface area contributed by atoms with Gasteiger partial charge in [0.25, 0.3) is 6.43 Å². The fraction of sp³-hybridized carbons (Fsp3) is 0.714. The number of nitrogens with zero attached hydrogens (tertiary/aromatic N) is 3. The Morgan fingerprint density at radius 3 is 2.64 bits per heavy atom. The molecule has 0 aliphatic rings. The van der Waals surface area contributed by atoms with Gasteiger partial charge in [-0.3, -0.25) is 0 Å². The molecule has 14 heavy (non-hydrogen) atoms. The van der Waals surface area contributed by atoms with Gasteiger partial charge in [0.1, 0.15) is 5.01 Å². The van der Waals surface area contributed by atoms with Crippen molar-refractivity contribution in [1.29, 1.82) is 0 Å². The molecule has 0 fully saturated rings. The third-order valence-electron chi connectivity index (χ3n) is 1.54. The number of hydrogen-bond donors (Lipinski definition) is 1. The van der Waals surface area contributed by atoms with Crippen LogP contribution in [0.4, 0.5) is 13.9 Å². The Hall–Kier alpha value is -0.820. The Labute approximate surface area is 84.7 Å². The SMILES string of the molecule is Cc1nnc(N(CCN)CC(F)F)s1. The van der Waals surface area contributed by atoms with Crippen LogP contribution in [0.2, 0.25) is 0 Å². The molecule has 0 amide bonds. The predicted molar refractivity (Wildman–Crippen MR) is 51.9 cm³/mol. The average Bonchev–Trinajstić information content (AvgIpc) is 2.50. The highest BCUT2D eigenvalue weighted by Gasteiger charge is 2.15. The van der Waals surface area contributed by atoms with Crippen molar-refractivity contribution >= 4 is 16.5 Å². The summed E-state index contributed by atoms with van der Waals surface area (Å²) >= 11 is 1.29. The van der Waals surface area contributed by atoms with Gasteiger partial charge in [0, 0.05) is 13.1 Å². The van der Waals surface area contributed by atoms with Crippen molar-refractivity contribution in [3.63, 3.8) is 0 Å². The molecule has 0 saturated heterocycles. The second kappa shape index (κ2) is 5.16. The predicted octanol–water partition coefficient (Wildman–Crippen LogP) is 0.877. The van der Waals surface area contributed by atoms with Crippen molar-refractivity contribution < 1.29 is 8.78 Å². The Bertz CT molecular complexity index is 278. The van der Waals surface area contributed by atoms with E-state index in [1.165, 1.54) is 16.2 Å². The van der Waals surface area contributed by atoms with Crippen molar-refractivity contribution in [3.05, 3.63) is 5.01 Å². The van der Waals surface area contributed by atoms with Crippen LogP contribution < -0.4 is 10.6 Å². The van der Waals surface area contributed by atoms with Gasteiger partial charge in [-0.25, -0.2) is 8.78 Å². The zero-order chi connectivity index (χ0) is 10.6. The Morgan fingerprint density at radius 1 is 1.50 bits per heavy atom. The molecule has 4 nitrogen and oxygen atoms in total. The van der Waals surface area contributed by atoms with Crippen LogP contribution in [0.15, 0.2) is 0 Å². The summed E-state index contributed by atoms with van der Waals surface area (Å²) in [4.78, 5) is 1.45. The van der Waals surface area contributed by atoms with Crippen molar-refractivity contribution in [3.8, 4) is 0 Å². The molecule has 1 aromatic heterocycles. The molecule has 1 rings (SSSR count). The van der Waals surface area contributed by atoms with Crippen LogP contribution >= 0.6 is 11.3 Å². The number of anilines is 1. The monoisotopic (exact) mass is 222 g/mol. The highest BCUT2D eigenvalue weighted by molar-refractivity contribution is 7.15. The molecule has 1 heterocycles. The van der Waals surface area contributed by atoms with E-state index in [0.717, 1.165) is 5.01 Å². The zero-order valence-electron chi connectivity index (χ0n) is 7.78. The molecule has 0 spiro atoms. The zero-order valence-corrected chi connectivity index (χ0v) is 8.60. The standard InChI is InChI=1S/C7H12F2N4S/c1-5-11-12-7(14-5)13(3-2-10)4-6(8)9/h6H,2-4,10H2,1H3. The van der Waals surface area contributed by atoms with Crippen LogP contribution in [0, 0.1) is 6.92 Å². The molecule has 2 N–H and O–H groups in total. The molecule has 0 saturated carbocycles. The maximum atomic E-state index is 12.2. The van der Waals surface area contributed by atoms with Crippen molar-refractivity contribution in [2.45, 2.75) is 13.3 Å². The van der Waals surface area contributed by atoms with Crippen molar-refractivity contribution in [2.75, 3.05) is 24.5 Å². The van der Waals surface area contributed by atoms with Crippen molar-refractivity contribution in [2.24, 2.45) is 5.73 Å². The van der Waals surface area contributed by atoms with E-state index in [-0.39, 0.29) is 6.54 Å². The van der Waals surface area contributed by atoms with Crippen LogP contribution in [0.3, 0.4) is 0 Å². The van der Waals surface area contributed by atoms with Gasteiger partial charge < -0.3 is 10.6 Å². The lowest BCUT2D eigenvalue weighted by Gasteiger charge is -2.19. The van der Waals surface area contributed by atoms with E-state index in [2.05, 4.69) is 10.2 Å². The van der Waals surface area contributed by atoms with Gasteiger partial charge in [0.05, 0.1) is 6.54 Å². The second-order valence-corrected chi connectivity index (χ2v) is 3.89. The summed E-state index contributed by atoms with van der Waals surface area (Å²) in [6.07, 6.45) is -2.38. The largest absolute Gasteiger partial charge is 0.340 e. The van der Waals surface area contributed by atoms with Crippen LogP contribution in [0.25, 0.3) is 0 Å². The van der Waals surface area contributed by atoms with Crippen LogP contribution in [-0.4, -0.2) is 36.3 Å². The number of aryl methyl sites for hydroxylation is 1. The average molecular weight is 222 g/mol. The van der Waals surface area contributed by atoms with Gasteiger partial charge in [-0.1, -0.05) is 11.3 Å². The number of alkyl halides is 2. The molecular formula is C7H12F2N4S. The van der Waals surface area contributed by atoms with Gasteiger partial charge in [-0.15, -0.1) is 10.2 Å². The van der Waals surface area contributed by atoms with E-state index in [1.54, 1.807) is 6.92 Å². The maximum absolute atomic E-state index is 12.2. The molecule has 0 atom stereocenters. The van der Waals surface area contributed by atoms with E-state index in [9.17, 15) is 8.78 Å². The Morgan fingerprint density at radius 2 is 2.21 bits per heavy atom. The van der Waals surface area contributed by atoms with Gasteiger partial charge in [0.15, 0.2) is 0 Å². The van der Waals surface area contributed by atoms with E-state index in [0.29, 0.717) is 18.2 Å². The van der Waals surface area contributed by atoms with Gasteiger partial charge >= 0.3 is 0 Å². The van der Waals surface area contributed by atoms with Gasteiger partial charge in [-0.05, 0) is 6.92 Å². The van der Waals surface area contributed by atoms with Gasteiger partial charge in [0.2, 0.25) is 5.13 Å². The highest BCUT2D eigenvalue weighted by atomic mass is 32.1. The number of nitrogens with two attached hydrogens (primary N) is 1. The summed E-state index contributed by atoms with van der Waals surface area (Å²) in [5, 5.41) is 8.83. The molecule has 80 valence electrons. The fourth-order valence-corrected chi connectivity index (χ4v) is 1.72. The first-order valence-electron chi connectivity index (χ1n) is 4.16. The smallest absolute Gasteiger partial charge is 0.255 e. The van der Waals surface area contributed by atoms with Crippen LogP contribution in [0.1, 0.15) is 5.01 Å². The third kappa shape index (κ3) is 3.15. The lowest BCUT2D eigenvalue weighted by molar-refractivity contribution is 0.155. The summed E-state index contributed by atoms with van der Waals surface area (Å²) in [5.74, 6) is 0. The van der Waals surface area contributed by atoms with E-state index < -0.39 is 6.43 Å². The number of halogens is 2. The first-order chi connectivity index (χ1) is 6.63. The number of rotatable bonds is 5. The molecule has 0 unspecified atom stereocenters. The van der Waals surface area contributed by atoms with E-state index in [1.807, 2.05) is 0 Å². The first-order valence-corrected chi connectivity index (χ1v) is 4.98. The Balaban J connectivity index is 2.66. The summed E-state index contributed by atoms with van der Waals surface area (Å²) in [5.41, 5.74) is 5.32. The molecule has 0 aromatic carbocycles. The first kappa shape index (κ1) is 11.3. The maximum Gasteiger partial charge on any atom is 0.255 e. The summed E-state index contributed by atoms with van der Waals surface area (Å²) in [6.45, 7) is 2.14. The van der Waals surface area contributed by atoms with Crippen LogP contribution in [-0.2, 0) is 0 Å². The Kier molecular flexibility index (Phi) is 4.15. The number of hydrogen-bond acceptors (Lipinski definition) is 5. The van der Waals surface area contributed by atoms with Crippen LogP contribution in [0.5, 0.6) is 0 Å². The normalized spacial score (nSPS) is 10.9. The quantitative estimate of drug-likeness (QED) is 0.803. The minimum absolute atomic E-state index is 0.325. The minimum Gasteiger partial charge on any atom is -0.340 e. The second-order valence-electron chi connectivity index (χ2n) is 2.73. The highest BCUT2D eigenvalue weighted by Crippen LogP contribution is 2.19.